The highest BCUT2D eigenvalue weighted by molar-refractivity contribution is 7.99. The van der Waals surface area contributed by atoms with Crippen LogP contribution >= 0.6 is 11.8 Å². The number of thioether (sulfide) groups is 1. The lowest BCUT2D eigenvalue weighted by atomic mass is 9.73. The van der Waals surface area contributed by atoms with Crippen LogP contribution < -0.4 is 5.32 Å². The van der Waals surface area contributed by atoms with Crippen molar-refractivity contribution in [2.75, 3.05) is 6.54 Å². The largest absolute Gasteiger partial charge is 0.416 e. The summed E-state index contributed by atoms with van der Waals surface area (Å²) < 4.78 is 5.52. The van der Waals surface area contributed by atoms with Gasteiger partial charge >= 0.3 is 0 Å². The van der Waals surface area contributed by atoms with Crippen LogP contribution in [-0.4, -0.2) is 28.0 Å². The molecule has 0 aliphatic heterocycles. The molecule has 1 aliphatic rings. The van der Waals surface area contributed by atoms with Crippen molar-refractivity contribution in [1.82, 2.24) is 15.5 Å². The summed E-state index contributed by atoms with van der Waals surface area (Å²) in [7, 11) is 0. The molecular formula is C14H25N3OS. The van der Waals surface area contributed by atoms with Crippen LogP contribution in [-0.2, 0) is 0 Å². The van der Waals surface area contributed by atoms with Crippen LogP contribution in [0.5, 0.6) is 0 Å². The first-order valence-corrected chi connectivity index (χ1v) is 8.11. The molecule has 19 heavy (non-hydrogen) atoms. The molecule has 2 atom stereocenters. The fourth-order valence-electron chi connectivity index (χ4n) is 2.87. The van der Waals surface area contributed by atoms with Gasteiger partial charge in [-0.25, -0.2) is 0 Å². The van der Waals surface area contributed by atoms with Gasteiger partial charge < -0.3 is 9.73 Å². The van der Waals surface area contributed by atoms with E-state index in [1.54, 1.807) is 11.8 Å². The summed E-state index contributed by atoms with van der Waals surface area (Å²) in [5.41, 5.74) is 0.333. The van der Waals surface area contributed by atoms with E-state index in [1.807, 2.05) is 6.92 Å². The zero-order chi connectivity index (χ0) is 13.9. The Kier molecular flexibility index (Phi) is 4.90. The standard InChI is InChI=1S/C14H25N3OS/c1-5-9-15-12-11(7-6-8-14(12,3)4)19-13-17-16-10(2)18-13/h11-12,15H,5-9H2,1-4H3. The first-order chi connectivity index (χ1) is 9.03. The van der Waals surface area contributed by atoms with Gasteiger partial charge in [0.15, 0.2) is 0 Å². The minimum Gasteiger partial charge on any atom is -0.416 e. The highest BCUT2D eigenvalue weighted by atomic mass is 32.2. The van der Waals surface area contributed by atoms with Gasteiger partial charge in [-0.3, -0.25) is 0 Å². The fourth-order valence-corrected chi connectivity index (χ4v) is 4.28. The van der Waals surface area contributed by atoms with Gasteiger partial charge in [-0.1, -0.05) is 39.0 Å². The molecule has 1 aromatic rings. The van der Waals surface area contributed by atoms with Crippen LogP contribution in [0.25, 0.3) is 0 Å². The zero-order valence-electron chi connectivity index (χ0n) is 12.4. The van der Waals surface area contributed by atoms with Gasteiger partial charge in [0, 0.05) is 18.2 Å². The van der Waals surface area contributed by atoms with Gasteiger partial charge in [0.25, 0.3) is 5.22 Å². The molecule has 5 heteroatoms. The molecule has 1 N–H and O–H groups in total. The Bertz CT molecular complexity index is 405. The maximum absolute atomic E-state index is 5.52. The second-order valence-corrected chi connectivity index (χ2v) is 7.25. The lowest BCUT2D eigenvalue weighted by molar-refractivity contribution is 0.174. The van der Waals surface area contributed by atoms with Crippen molar-refractivity contribution in [3.63, 3.8) is 0 Å². The average Bonchev–Trinajstić information content (AvgIpc) is 2.73. The maximum atomic E-state index is 5.52. The number of rotatable bonds is 5. The third kappa shape index (κ3) is 3.72. The van der Waals surface area contributed by atoms with Gasteiger partial charge in [-0.05, 0) is 31.2 Å². The minimum absolute atomic E-state index is 0.333. The van der Waals surface area contributed by atoms with Gasteiger partial charge in [-0.2, -0.15) is 0 Å². The molecule has 1 fully saturated rings. The van der Waals surface area contributed by atoms with Gasteiger partial charge in [0.1, 0.15) is 0 Å². The second-order valence-electron chi connectivity index (χ2n) is 6.06. The molecule has 4 nitrogen and oxygen atoms in total. The normalized spacial score (nSPS) is 26.5. The highest BCUT2D eigenvalue weighted by Crippen LogP contribution is 2.42. The Morgan fingerprint density at radius 3 is 2.84 bits per heavy atom. The number of hydrogen-bond acceptors (Lipinski definition) is 5. The predicted octanol–water partition coefficient (Wildman–Crippen LogP) is 3.42. The second kappa shape index (κ2) is 6.27. The minimum atomic E-state index is 0.333. The number of aryl methyl sites for hydroxylation is 1. The Morgan fingerprint density at radius 2 is 2.21 bits per heavy atom. The number of aromatic nitrogens is 2. The summed E-state index contributed by atoms with van der Waals surface area (Å²) in [6, 6.07) is 0.512. The van der Waals surface area contributed by atoms with Crippen molar-refractivity contribution in [1.29, 1.82) is 0 Å². The number of nitrogens with zero attached hydrogens (tertiary/aromatic N) is 2. The van der Waals surface area contributed by atoms with E-state index in [1.165, 1.54) is 25.7 Å². The predicted molar refractivity (Wildman–Crippen MR) is 78.4 cm³/mol. The molecule has 0 radical (unpaired) electrons. The molecule has 108 valence electrons. The summed E-state index contributed by atoms with van der Waals surface area (Å²) in [5.74, 6) is 0.649. The molecule has 0 spiro atoms. The first kappa shape index (κ1) is 14.9. The maximum Gasteiger partial charge on any atom is 0.276 e. The third-order valence-electron chi connectivity index (χ3n) is 3.90. The Hall–Kier alpha value is -0.550. The van der Waals surface area contributed by atoms with Gasteiger partial charge in [0.05, 0.1) is 0 Å². The van der Waals surface area contributed by atoms with E-state index in [4.69, 9.17) is 4.42 Å². The highest BCUT2D eigenvalue weighted by Gasteiger charge is 2.39. The van der Waals surface area contributed by atoms with E-state index in [-0.39, 0.29) is 0 Å². The molecule has 0 saturated heterocycles. The molecule has 0 bridgehead atoms. The quantitative estimate of drug-likeness (QED) is 0.897. The molecule has 1 saturated carbocycles. The van der Waals surface area contributed by atoms with E-state index in [0.717, 1.165) is 6.54 Å². The molecule has 2 rings (SSSR count). The molecule has 1 heterocycles. The number of hydrogen-bond donors (Lipinski definition) is 1. The molecule has 1 aromatic heterocycles. The topological polar surface area (TPSA) is 51.0 Å². The van der Waals surface area contributed by atoms with E-state index in [2.05, 4.69) is 36.3 Å². The van der Waals surface area contributed by atoms with Crippen LogP contribution in [0.2, 0.25) is 0 Å². The van der Waals surface area contributed by atoms with E-state index >= 15 is 0 Å². The summed E-state index contributed by atoms with van der Waals surface area (Å²) in [6.45, 7) is 9.87. The monoisotopic (exact) mass is 283 g/mol. The molecular weight excluding hydrogens is 258 g/mol. The molecule has 1 aliphatic carbocycles. The summed E-state index contributed by atoms with van der Waals surface area (Å²) in [5, 5.41) is 13.0. The molecule has 2 unspecified atom stereocenters. The van der Waals surface area contributed by atoms with Crippen LogP contribution in [0.1, 0.15) is 52.3 Å². The third-order valence-corrected chi connectivity index (χ3v) is 5.07. The SMILES string of the molecule is CCCNC1C(Sc2nnc(C)o2)CCCC1(C)C. The molecule has 0 amide bonds. The van der Waals surface area contributed by atoms with Gasteiger partial charge in [0.2, 0.25) is 5.89 Å². The zero-order valence-corrected chi connectivity index (χ0v) is 13.2. The smallest absolute Gasteiger partial charge is 0.276 e. The summed E-state index contributed by atoms with van der Waals surface area (Å²) in [4.78, 5) is 0. The van der Waals surface area contributed by atoms with Crippen LogP contribution in [0.3, 0.4) is 0 Å². The Balaban J connectivity index is 2.06. The summed E-state index contributed by atoms with van der Waals surface area (Å²) >= 11 is 1.74. The van der Waals surface area contributed by atoms with Crippen molar-refractivity contribution >= 4 is 11.8 Å². The Labute approximate surface area is 120 Å². The summed E-state index contributed by atoms with van der Waals surface area (Å²) in [6.07, 6.45) is 4.96. The lowest BCUT2D eigenvalue weighted by Crippen LogP contribution is -2.51. The van der Waals surface area contributed by atoms with Crippen LogP contribution in [0.4, 0.5) is 0 Å². The first-order valence-electron chi connectivity index (χ1n) is 7.23. The number of nitrogens with one attached hydrogen (secondary N) is 1. The van der Waals surface area contributed by atoms with Crippen molar-refractivity contribution in [2.45, 2.75) is 69.9 Å². The lowest BCUT2D eigenvalue weighted by Gasteiger charge is -2.43. The average molecular weight is 283 g/mol. The Morgan fingerprint density at radius 1 is 1.42 bits per heavy atom. The van der Waals surface area contributed by atoms with E-state index < -0.39 is 0 Å². The molecule has 0 aromatic carbocycles. The van der Waals surface area contributed by atoms with E-state index in [0.29, 0.717) is 27.8 Å². The van der Waals surface area contributed by atoms with Crippen molar-refractivity contribution in [3.8, 4) is 0 Å². The van der Waals surface area contributed by atoms with Crippen molar-refractivity contribution in [3.05, 3.63) is 5.89 Å². The van der Waals surface area contributed by atoms with Gasteiger partial charge in [-0.15, -0.1) is 10.2 Å². The van der Waals surface area contributed by atoms with Crippen LogP contribution in [0, 0.1) is 12.3 Å². The fraction of sp³-hybridized carbons (Fsp3) is 0.857. The van der Waals surface area contributed by atoms with Crippen molar-refractivity contribution in [2.24, 2.45) is 5.41 Å². The van der Waals surface area contributed by atoms with Crippen molar-refractivity contribution < 1.29 is 4.42 Å². The van der Waals surface area contributed by atoms with E-state index in [9.17, 15) is 0 Å². The van der Waals surface area contributed by atoms with Crippen LogP contribution in [0.15, 0.2) is 9.64 Å².